The van der Waals surface area contributed by atoms with E-state index < -0.39 is 0 Å². The summed E-state index contributed by atoms with van der Waals surface area (Å²) in [6.07, 6.45) is 9.65. The van der Waals surface area contributed by atoms with Crippen molar-refractivity contribution in [2.24, 2.45) is 0 Å². The molecule has 2 fully saturated rings. The molecule has 1 aliphatic carbocycles. The van der Waals surface area contributed by atoms with Gasteiger partial charge in [-0.1, -0.05) is 19.3 Å². The van der Waals surface area contributed by atoms with Crippen molar-refractivity contribution in [2.75, 3.05) is 6.54 Å². The Labute approximate surface area is 90.6 Å². The molecule has 0 N–H and O–H groups in total. The number of carbonyl (C=O) groups excluding carboxylic acids is 1. The van der Waals surface area contributed by atoms with E-state index in [1.165, 1.54) is 38.5 Å². The van der Waals surface area contributed by atoms with Gasteiger partial charge in [-0.2, -0.15) is 0 Å². The lowest BCUT2D eigenvalue weighted by atomic mass is 10.2. The molecule has 2 rings (SSSR count). The highest BCUT2D eigenvalue weighted by Crippen LogP contribution is 2.33. The van der Waals surface area contributed by atoms with Crippen LogP contribution in [-0.4, -0.2) is 22.0 Å². The first-order chi connectivity index (χ1) is 6.86. The fraction of sp³-hybridized carbons (Fsp3) is 0.909. The maximum absolute atomic E-state index is 11.7. The largest absolute Gasteiger partial charge is 0.286 e. The minimum atomic E-state index is 0.374. The molecular weight excluding hydrogens is 194 g/mol. The van der Waals surface area contributed by atoms with Gasteiger partial charge in [-0.25, -0.2) is 0 Å². The van der Waals surface area contributed by atoms with E-state index in [4.69, 9.17) is 0 Å². The summed E-state index contributed by atoms with van der Waals surface area (Å²) in [7, 11) is 0. The highest BCUT2D eigenvalue weighted by molar-refractivity contribution is 7.98. The summed E-state index contributed by atoms with van der Waals surface area (Å²) in [6.45, 7) is 0.986. The van der Waals surface area contributed by atoms with Crippen LogP contribution in [0.4, 0.5) is 0 Å². The zero-order chi connectivity index (χ0) is 9.80. The molecule has 80 valence electrons. The summed E-state index contributed by atoms with van der Waals surface area (Å²) in [5.41, 5.74) is 0. The molecule has 1 saturated carbocycles. The number of amides is 1. The third-order valence-corrected chi connectivity index (χ3v) is 4.52. The second-order valence-corrected chi connectivity index (χ2v) is 5.64. The Morgan fingerprint density at radius 2 is 1.86 bits per heavy atom. The zero-order valence-corrected chi connectivity index (χ0v) is 9.52. The lowest BCUT2D eigenvalue weighted by molar-refractivity contribution is -0.125. The molecule has 1 heterocycles. The Hall–Kier alpha value is -0.180. The molecule has 0 spiro atoms. The molecule has 1 aliphatic heterocycles. The van der Waals surface area contributed by atoms with Crippen LogP contribution in [-0.2, 0) is 4.79 Å². The topological polar surface area (TPSA) is 20.3 Å². The average molecular weight is 213 g/mol. The van der Waals surface area contributed by atoms with Crippen molar-refractivity contribution in [3.05, 3.63) is 0 Å². The molecule has 3 heteroatoms. The predicted molar refractivity (Wildman–Crippen MR) is 60.0 cm³/mol. The van der Waals surface area contributed by atoms with Gasteiger partial charge in [-0.15, -0.1) is 0 Å². The second kappa shape index (κ2) is 5.06. The van der Waals surface area contributed by atoms with Gasteiger partial charge in [0.05, 0.1) is 0 Å². The summed E-state index contributed by atoms with van der Waals surface area (Å²) >= 11 is 1.83. The summed E-state index contributed by atoms with van der Waals surface area (Å²) in [5, 5.41) is 0.733. The van der Waals surface area contributed by atoms with Gasteiger partial charge in [0, 0.05) is 18.2 Å². The monoisotopic (exact) mass is 213 g/mol. The number of nitrogens with zero attached hydrogens (tertiary/aromatic N) is 1. The quantitative estimate of drug-likeness (QED) is 0.657. The standard InChI is InChI=1S/C11H19NOS/c13-11-8-2-1-5-9-12(11)14-10-6-3-4-7-10/h10H,1-9H2. The molecule has 0 bridgehead atoms. The van der Waals surface area contributed by atoms with Crippen LogP contribution in [0.15, 0.2) is 0 Å². The maximum Gasteiger partial charge on any atom is 0.232 e. The summed E-state index contributed by atoms with van der Waals surface area (Å²) < 4.78 is 2.04. The maximum atomic E-state index is 11.7. The van der Waals surface area contributed by atoms with Crippen molar-refractivity contribution in [2.45, 2.75) is 56.6 Å². The lowest BCUT2D eigenvalue weighted by Crippen LogP contribution is -2.25. The van der Waals surface area contributed by atoms with Crippen molar-refractivity contribution in [3.63, 3.8) is 0 Å². The van der Waals surface area contributed by atoms with Crippen LogP contribution in [0.1, 0.15) is 51.4 Å². The average Bonchev–Trinajstić information content (AvgIpc) is 2.60. The molecule has 1 saturated heterocycles. The fourth-order valence-corrected chi connectivity index (χ4v) is 3.59. The van der Waals surface area contributed by atoms with Crippen molar-refractivity contribution >= 4 is 17.9 Å². The van der Waals surface area contributed by atoms with Crippen molar-refractivity contribution in [1.29, 1.82) is 0 Å². The van der Waals surface area contributed by atoms with Gasteiger partial charge in [0.1, 0.15) is 0 Å². The predicted octanol–water partition coefficient (Wildman–Crippen LogP) is 2.98. The SMILES string of the molecule is O=C1CCCCCN1SC1CCCC1. The van der Waals surface area contributed by atoms with E-state index in [0.717, 1.165) is 24.6 Å². The number of hydrogen-bond acceptors (Lipinski definition) is 2. The number of rotatable bonds is 2. The van der Waals surface area contributed by atoms with Crippen molar-refractivity contribution in [3.8, 4) is 0 Å². The molecular formula is C11H19NOS. The van der Waals surface area contributed by atoms with Crippen molar-refractivity contribution < 1.29 is 4.79 Å². The van der Waals surface area contributed by atoms with E-state index in [1.807, 2.05) is 16.3 Å². The molecule has 0 atom stereocenters. The van der Waals surface area contributed by atoms with E-state index in [0.29, 0.717) is 5.91 Å². The van der Waals surface area contributed by atoms with E-state index in [9.17, 15) is 4.79 Å². The van der Waals surface area contributed by atoms with Crippen LogP contribution in [0.25, 0.3) is 0 Å². The molecule has 1 amide bonds. The molecule has 2 aliphatic rings. The molecule has 0 aromatic carbocycles. The van der Waals surface area contributed by atoms with E-state index in [1.54, 1.807) is 0 Å². The summed E-state index contributed by atoms with van der Waals surface area (Å²) in [5.74, 6) is 0.374. The van der Waals surface area contributed by atoms with Gasteiger partial charge in [0.15, 0.2) is 0 Å². The normalized spacial score (nSPS) is 25.4. The molecule has 2 nitrogen and oxygen atoms in total. The third-order valence-electron chi connectivity index (χ3n) is 3.11. The Morgan fingerprint density at radius 1 is 1.07 bits per heavy atom. The smallest absolute Gasteiger partial charge is 0.232 e. The van der Waals surface area contributed by atoms with Crippen LogP contribution in [0.2, 0.25) is 0 Å². The van der Waals surface area contributed by atoms with Crippen LogP contribution in [0.5, 0.6) is 0 Å². The molecule has 0 aromatic rings. The number of carbonyl (C=O) groups is 1. The molecule has 14 heavy (non-hydrogen) atoms. The first-order valence-corrected chi connectivity index (χ1v) is 6.67. The van der Waals surface area contributed by atoms with E-state index in [2.05, 4.69) is 0 Å². The van der Waals surface area contributed by atoms with E-state index >= 15 is 0 Å². The third kappa shape index (κ3) is 2.66. The molecule has 0 unspecified atom stereocenters. The second-order valence-electron chi connectivity index (χ2n) is 4.32. The van der Waals surface area contributed by atoms with Gasteiger partial charge in [0.2, 0.25) is 5.91 Å². The highest BCUT2D eigenvalue weighted by Gasteiger charge is 2.23. The van der Waals surface area contributed by atoms with Gasteiger partial charge >= 0.3 is 0 Å². The van der Waals surface area contributed by atoms with Gasteiger partial charge < -0.3 is 0 Å². The first-order valence-electron chi connectivity index (χ1n) is 5.83. The van der Waals surface area contributed by atoms with E-state index in [-0.39, 0.29) is 0 Å². The highest BCUT2D eigenvalue weighted by atomic mass is 32.2. The summed E-state index contributed by atoms with van der Waals surface area (Å²) in [6, 6.07) is 0. The number of hydrogen-bond donors (Lipinski definition) is 0. The van der Waals surface area contributed by atoms with Crippen LogP contribution >= 0.6 is 11.9 Å². The minimum Gasteiger partial charge on any atom is -0.286 e. The molecule has 0 aromatic heterocycles. The van der Waals surface area contributed by atoms with Crippen LogP contribution in [0, 0.1) is 0 Å². The Bertz CT molecular complexity index is 201. The van der Waals surface area contributed by atoms with Gasteiger partial charge in [-0.05, 0) is 37.6 Å². The van der Waals surface area contributed by atoms with Crippen molar-refractivity contribution in [1.82, 2.24) is 4.31 Å². The lowest BCUT2D eigenvalue weighted by Gasteiger charge is -2.22. The Morgan fingerprint density at radius 3 is 2.64 bits per heavy atom. The first kappa shape index (κ1) is 10.3. The van der Waals surface area contributed by atoms with Gasteiger partial charge in [-0.3, -0.25) is 9.10 Å². The summed E-state index contributed by atoms with van der Waals surface area (Å²) in [4.78, 5) is 11.7. The minimum absolute atomic E-state index is 0.374. The Balaban J connectivity index is 1.84. The zero-order valence-electron chi connectivity index (χ0n) is 8.71. The van der Waals surface area contributed by atoms with Crippen LogP contribution in [0.3, 0.4) is 0 Å². The fourth-order valence-electron chi connectivity index (χ4n) is 2.24. The van der Waals surface area contributed by atoms with Crippen LogP contribution < -0.4 is 0 Å². The molecule has 0 radical (unpaired) electrons. The van der Waals surface area contributed by atoms with Gasteiger partial charge in [0.25, 0.3) is 0 Å². The Kier molecular flexibility index (Phi) is 3.74.